The number of nitro benzene ring substituents is 1. The minimum atomic E-state index is -0.496. The summed E-state index contributed by atoms with van der Waals surface area (Å²) in [5, 5.41) is 14.4. The molecule has 0 saturated heterocycles. The maximum atomic E-state index is 13.3. The average Bonchev–Trinajstić information content (AvgIpc) is 2.62. The van der Waals surface area contributed by atoms with E-state index in [1.54, 1.807) is 25.1 Å². The molecule has 0 unspecified atom stereocenters. The number of hydrogen-bond donors (Lipinski definition) is 1. The van der Waals surface area contributed by atoms with E-state index in [1.807, 2.05) is 0 Å². The Morgan fingerprint density at radius 3 is 2.46 bits per heavy atom. The van der Waals surface area contributed by atoms with Crippen molar-refractivity contribution in [2.45, 2.75) is 6.92 Å². The lowest BCUT2D eigenvalue weighted by Crippen LogP contribution is -2.05. The van der Waals surface area contributed by atoms with Gasteiger partial charge in [-0.25, -0.2) is 4.39 Å². The standard InChI is InChI=1S/C20H13BrClFN2O3/c1-11-8-13(23)3-5-15(11)20(26)16-6-4-14(10-17(16)22)24-18-7-2-12(21)9-19(18)25(27)28/h2-10,24H,1H3. The summed E-state index contributed by atoms with van der Waals surface area (Å²) in [5.74, 6) is -0.751. The van der Waals surface area contributed by atoms with Crippen molar-refractivity contribution in [2.75, 3.05) is 5.32 Å². The van der Waals surface area contributed by atoms with E-state index < -0.39 is 10.7 Å². The van der Waals surface area contributed by atoms with E-state index in [2.05, 4.69) is 21.2 Å². The summed E-state index contributed by atoms with van der Waals surface area (Å²) in [6, 6.07) is 13.2. The van der Waals surface area contributed by atoms with E-state index in [9.17, 15) is 19.3 Å². The van der Waals surface area contributed by atoms with Gasteiger partial charge in [0.15, 0.2) is 5.78 Å². The van der Waals surface area contributed by atoms with Crippen LogP contribution in [0, 0.1) is 22.9 Å². The molecule has 0 aromatic heterocycles. The Morgan fingerprint density at radius 2 is 1.82 bits per heavy atom. The summed E-state index contributed by atoms with van der Waals surface area (Å²) in [4.78, 5) is 23.5. The van der Waals surface area contributed by atoms with Crippen LogP contribution in [-0.2, 0) is 0 Å². The molecule has 0 aliphatic rings. The number of halogens is 3. The molecule has 0 atom stereocenters. The van der Waals surface area contributed by atoms with E-state index >= 15 is 0 Å². The Hall–Kier alpha value is -2.77. The molecule has 0 bridgehead atoms. The molecule has 0 amide bonds. The SMILES string of the molecule is Cc1cc(F)ccc1C(=O)c1ccc(Nc2ccc(Br)cc2[N+](=O)[O-])cc1Cl. The van der Waals surface area contributed by atoms with E-state index in [0.29, 0.717) is 21.3 Å². The van der Waals surface area contributed by atoms with Gasteiger partial charge in [0.05, 0.1) is 9.95 Å². The molecule has 5 nitrogen and oxygen atoms in total. The molecule has 0 aliphatic carbocycles. The molecule has 8 heteroatoms. The molecular weight excluding hydrogens is 451 g/mol. The minimum Gasteiger partial charge on any atom is -0.350 e. The summed E-state index contributed by atoms with van der Waals surface area (Å²) in [6.45, 7) is 1.65. The van der Waals surface area contributed by atoms with Gasteiger partial charge in [-0.3, -0.25) is 14.9 Å². The number of aryl methyl sites for hydroxylation is 1. The number of anilines is 2. The minimum absolute atomic E-state index is 0.104. The summed E-state index contributed by atoms with van der Waals surface area (Å²) in [7, 11) is 0. The zero-order valence-electron chi connectivity index (χ0n) is 14.5. The first-order chi connectivity index (χ1) is 13.3. The van der Waals surface area contributed by atoms with Crippen LogP contribution in [0.2, 0.25) is 5.02 Å². The van der Waals surface area contributed by atoms with Crippen LogP contribution in [0.25, 0.3) is 0 Å². The number of nitro groups is 1. The van der Waals surface area contributed by atoms with Crippen LogP contribution >= 0.6 is 27.5 Å². The molecule has 0 aliphatic heterocycles. The van der Waals surface area contributed by atoms with E-state index in [0.717, 1.165) is 0 Å². The van der Waals surface area contributed by atoms with Crippen LogP contribution in [-0.4, -0.2) is 10.7 Å². The smallest absolute Gasteiger partial charge is 0.293 e. The summed E-state index contributed by atoms with van der Waals surface area (Å²) in [6.07, 6.45) is 0. The lowest BCUT2D eigenvalue weighted by atomic mass is 9.99. The lowest BCUT2D eigenvalue weighted by Gasteiger charge is -2.11. The van der Waals surface area contributed by atoms with Crippen LogP contribution in [0.5, 0.6) is 0 Å². The molecule has 3 aromatic carbocycles. The van der Waals surface area contributed by atoms with Crippen LogP contribution in [0.1, 0.15) is 21.5 Å². The first-order valence-corrected chi connectivity index (χ1v) is 9.24. The predicted molar refractivity (Wildman–Crippen MR) is 110 cm³/mol. The molecule has 0 heterocycles. The fraction of sp³-hybridized carbons (Fsp3) is 0.0500. The van der Waals surface area contributed by atoms with Gasteiger partial charge in [0, 0.05) is 27.4 Å². The Balaban J connectivity index is 1.91. The van der Waals surface area contributed by atoms with Crippen molar-refractivity contribution in [3.63, 3.8) is 0 Å². The molecular formula is C20H13BrClFN2O3. The number of nitrogens with one attached hydrogen (secondary N) is 1. The highest BCUT2D eigenvalue weighted by Crippen LogP contribution is 2.32. The quantitative estimate of drug-likeness (QED) is 0.269. The van der Waals surface area contributed by atoms with E-state index in [4.69, 9.17) is 11.6 Å². The molecule has 3 rings (SSSR count). The molecule has 3 aromatic rings. The summed E-state index contributed by atoms with van der Waals surface area (Å²) >= 11 is 9.48. The third-order valence-corrected chi connectivity index (χ3v) is 4.89. The van der Waals surface area contributed by atoms with Gasteiger partial charge in [-0.05, 0) is 61.0 Å². The Labute approximate surface area is 173 Å². The third-order valence-electron chi connectivity index (χ3n) is 4.08. The van der Waals surface area contributed by atoms with Gasteiger partial charge >= 0.3 is 0 Å². The van der Waals surface area contributed by atoms with Crippen molar-refractivity contribution in [3.05, 3.63) is 96.7 Å². The van der Waals surface area contributed by atoms with Crippen LogP contribution in [0.3, 0.4) is 0 Å². The normalized spacial score (nSPS) is 10.6. The second-order valence-electron chi connectivity index (χ2n) is 6.03. The number of benzene rings is 3. The van der Waals surface area contributed by atoms with Gasteiger partial charge in [-0.15, -0.1) is 0 Å². The van der Waals surface area contributed by atoms with Crippen LogP contribution in [0.4, 0.5) is 21.5 Å². The highest BCUT2D eigenvalue weighted by Gasteiger charge is 2.18. The summed E-state index contributed by atoms with van der Waals surface area (Å²) in [5.41, 5.74) is 1.79. The maximum absolute atomic E-state index is 13.3. The van der Waals surface area contributed by atoms with Gasteiger partial charge in [0.25, 0.3) is 5.69 Å². The molecule has 0 spiro atoms. The van der Waals surface area contributed by atoms with Gasteiger partial charge in [-0.2, -0.15) is 0 Å². The number of ketones is 1. The van der Waals surface area contributed by atoms with E-state index in [1.165, 1.54) is 36.4 Å². The van der Waals surface area contributed by atoms with Crippen molar-refractivity contribution < 1.29 is 14.1 Å². The summed E-state index contributed by atoms with van der Waals surface area (Å²) < 4.78 is 13.9. The predicted octanol–water partition coefficient (Wildman–Crippen LogP) is 6.43. The van der Waals surface area contributed by atoms with Crippen LogP contribution < -0.4 is 5.32 Å². The second-order valence-corrected chi connectivity index (χ2v) is 7.35. The Kier molecular flexibility index (Phi) is 5.76. The largest absolute Gasteiger partial charge is 0.350 e. The third kappa shape index (κ3) is 4.21. The average molecular weight is 464 g/mol. The molecule has 0 radical (unpaired) electrons. The highest BCUT2D eigenvalue weighted by atomic mass is 79.9. The monoisotopic (exact) mass is 462 g/mol. The molecule has 0 saturated carbocycles. The molecule has 0 fully saturated rings. The highest BCUT2D eigenvalue weighted by molar-refractivity contribution is 9.10. The maximum Gasteiger partial charge on any atom is 0.293 e. The van der Waals surface area contributed by atoms with Gasteiger partial charge in [-0.1, -0.05) is 27.5 Å². The molecule has 142 valence electrons. The van der Waals surface area contributed by atoms with Crippen molar-refractivity contribution in [2.24, 2.45) is 0 Å². The van der Waals surface area contributed by atoms with Crippen molar-refractivity contribution in [1.29, 1.82) is 0 Å². The van der Waals surface area contributed by atoms with Crippen LogP contribution in [0.15, 0.2) is 59.1 Å². The number of rotatable bonds is 5. The lowest BCUT2D eigenvalue weighted by molar-refractivity contribution is -0.384. The first-order valence-electron chi connectivity index (χ1n) is 8.07. The first kappa shape index (κ1) is 20.0. The fourth-order valence-corrected chi connectivity index (χ4v) is 3.34. The van der Waals surface area contributed by atoms with E-state index in [-0.39, 0.29) is 27.7 Å². The Morgan fingerprint density at radius 1 is 1.11 bits per heavy atom. The Bertz CT molecular complexity index is 1100. The van der Waals surface area contributed by atoms with Crippen molar-refractivity contribution >= 4 is 50.4 Å². The van der Waals surface area contributed by atoms with Crippen molar-refractivity contribution in [1.82, 2.24) is 0 Å². The molecule has 1 N–H and O–H groups in total. The number of carbonyl (C=O) groups is 1. The van der Waals surface area contributed by atoms with Crippen molar-refractivity contribution in [3.8, 4) is 0 Å². The van der Waals surface area contributed by atoms with Gasteiger partial charge in [0.2, 0.25) is 0 Å². The topological polar surface area (TPSA) is 72.2 Å². The fourth-order valence-electron chi connectivity index (χ4n) is 2.72. The second kappa shape index (κ2) is 8.08. The number of hydrogen-bond acceptors (Lipinski definition) is 4. The van der Waals surface area contributed by atoms with Gasteiger partial charge in [0.1, 0.15) is 11.5 Å². The number of carbonyl (C=O) groups excluding carboxylic acids is 1. The molecule has 28 heavy (non-hydrogen) atoms. The van der Waals surface area contributed by atoms with Gasteiger partial charge < -0.3 is 5.32 Å². The zero-order valence-corrected chi connectivity index (χ0v) is 16.8. The number of nitrogens with zero attached hydrogens (tertiary/aromatic N) is 1. The zero-order chi connectivity index (χ0) is 20.4.